The van der Waals surface area contributed by atoms with E-state index in [9.17, 15) is 4.79 Å². The second kappa shape index (κ2) is 7.71. The van der Waals surface area contributed by atoms with Gasteiger partial charge in [0.05, 0.1) is 12.7 Å². The second-order valence-electron chi connectivity index (χ2n) is 5.30. The van der Waals surface area contributed by atoms with Crippen LogP contribution in [0.1, 0.15) is 27.2 Å². The van der Waals surface area contributed by atoms with Crippen molar-refractivity contribution in [2.24, 2.45) is 11.7 Å². The van der Waals surface area contributed by atoms with Crippen molar-refractivity contribution in [1.29, 1.82) is 0 Å². The maximum atomic E-state index is 11.7. The van der Waals surface area contributed by atoms with Crippen LogP contribution in [0.4, 0.5) is 0 Å². The first-order chi connectivity index (χ1) is 8.52. The number of hydrogen-bond acceptors (Lipinski definition) is 4. The summed E-state index contributed by atoms with van der Waals surface area (Å²) < 4.78 is 5.63. The molecule has 106 valence electrons. The largest absolute Gasteiger partial charge is 0.374 e. The summed E-state index contributed by atoms with van der Waals surface area (Å²) in [6, 6.07) is -0.0654. The number of likely N-dealkylation sites (N-methyl/N-ethyl adjacent to an activating group) is 1. The van der Waals surface area contributed by atoms with Crippen LogP contribution < -0.4 is 11.1 Å². The lowest BCUT2D eigenvalue weighted by atomic mass is 10.0. The Bertz CT molecular complexity index is 259. The standard InChI is InChI=1S/C13H27N3O2/c1-4-16-5-6-18-11(9-16)8-15-13(17)7-12(14)10(2)3/h10-12H,4-9,14H2,1-3H3,(H,15,17). The van der Waals surface area contributed by atoms with Crippen molar-refractivity contribution in [3.63, 3.8) is 0 Å². The molecule has 5 heteroatoms. The van der Waals surface area contributed by atoms with Gasteiger partial charge in [0.15, 0.2) is 0 Å². The molecule has 1 saturated heterocycles. The van der Waals surface area contributed by atoms with Gasteiger partial charge < -0.3 is 15.8 Å². The van der Waals surface area contributed by atoms with Crippen LogP contribution in [-0.4, -0.2) is 55.7 Å². The number of carbonyl (C=O) groups is 1. The van der Waals surface area contributed by atoms with Gasteiger partial charge in [-0.3, -0.25) is 9.69 Å². The fourth-order valence-electron chi connectivity index (χ4n) is 1.94. The first-order valence-corrected chi connectivity index (χ1v) is 6.89. The summed E-state index contributed by atoms with van der Waals surface area (Å²) >= 11 is 0. The highest BCUT2D eigenvalue weighted by molar-refractivity contribution is 5.76. The van der Waals surface area contributed by atoms with Crippen molar-refractivity contribution in [2.75, 3.05) is 32.8 Å². The number of hydrogen-bond donors (Lipinski definition) is 2. The average molecular weight is 257 g/mol. The summed E-state index contributed by atoms with van der Waals surface area (Å²) in [5.41, 5.74) is 5.87. The van der Waals surface area contributed by atoms with E-state index in [1.54, 1.807) is 0 Å². The highest BCUT2D eigenvalue weighted by Crippen LogP contribution is 2.05. The molecule has 18 heavy (non-hydrogen) atoms. The van der Waals surface area contributed by atoms with Gasteiger partial charge in [-0.15, -0.1) is 0 Å². The van der Waals surface area contributed by atoms with Gasteiger partial charge >= 0.3 is 0 Å². The van der Waals surface area contributed by atoms with Gasteiger partial charge in [0.25, 0.3) is 0 Å². The van der Waals surface area contributed by atoms with Crippen LogP contribution in [0.5, 0.6) is 0 Å². The third-order valence-electron chi connectivity index (χ3n) is 3.47. The monoisotopic (exact) mass is 257 g/mol. The van der Waals surface area contributed by atoms with E-state index in [0.29, 0.717) is 18.9 Å². The molecule has 5 nitrogen and oxygen atoms in total. The minimum atomic E-state index is -0.0654. The van der Waals surface area contributed by atoms with Gasteiger partial charge in [-0.2, -0.15) is 0 Å². The molecular weight excluding hydrogens is 230 g/mol. The van der Waals surface area contributed by atoms with Crippen LogP contribution in [-0.2, 0) is 9.53 Å². The Morgan fingerprint density at radius 1 is 1.56 bits per heavy atom. The van der Waals surface area contributed by atoms with Gasteiger partial charge in [-0.25, -0.2) is 0 Å². The van der Waals surface area contributed by atoms with Gasteiger partial charge in [0.2, 0.25) is 5.91 Å². The fraction of sp³-hybridized carbons (Fsp3) is 0.923. The van der Waals surface area contributed by atoms with Gasteiger partial charge in [0.1, 0.15) is 0 Å². The lowest BCUT2D eigenvalue weighted by molar-refractivity contribution is -0.122. The lowest BCUT2D eigenvalue weighted by Gasteiger charge is -2.32. The predicted octanol–water partition coefficient (Wildman–Crippen LogP) is 0.197. The average Bonchev–Trinajstić information content (AvgIpc) is 2.36. The quantitative estimate of drug-likeness (QED) is 0.713. The minimum absolute atomic E-state index is 0.0217. The van der Waals surface area contributed by atoms with Crippen molar-refractivity contribution in [2.45, 2.75) is 39.3 Å². The Labute approximate surface area is 110 Å². The zero-order chi connectivity index (χ0) is 13.5. The third-order valence-corrected chi connectivity index (χ3v) is 3.47. The molecule has 2 atom stereocenters. The Hall–Kier alpha value is -0.650. The molecular formula is C13H27N3O2. The molecule has 0 aromatic rings. The number of amides is 1. The Morgan fingerprint density at radius 2 is 2.28 bits per heavy atom. The number of nitrogens with zero attached hydrogens (tertiary/aromatic N) is 1. The Balaban J connectivity index is 2.21. The molecule has 0 bridgehead atoms. The third kappa shape index (κ3) is 5.33. The summed E-state index contributed by atoms with van der Waals surface area (Å²) in [6.07, 6.45) is 0.500. The number of rotatable bonds is 6. The molecule has 1 fully saturated rings. The van der Waals surface area contributed by atoms with Crippen LogP contribution in [0.15, 0.2) is 0 Å². The van der Waals surface area contributed by atoms with E-state index in [1.807, 2.05) is 13.8 Å². The normalized spacial score (nSPS) is 23.1. The summed E-state index contributed by atoms with van der Waals surface area (Å²) in [6.45, 7) is 10.4. The zero-order valence-corrected chi connectivity index (χ0v) is 11.8. The zero-order valence-electron chi connectivity index (χ0n) is 11.8. The SMILES string of the molecule is CCN1CCOC(CNC(=O)CC(N)C(C)C)C1. The fourth-order valence-corrected chi connectivity index (χ4v) is 1.94. The van der Waals surface area contributed by atoms with Crippen LogP contribution >= 0.6 is 0 Å². The molecule has 3 N–H and O–H groups in total. The molecule has 1 amide bonds. The van der Waals surface area contributed by atoms with Crippen molar-refractivity contribution < 1.29 is 9.53 Å². The van der Waals surface area contributed by atoms with Gasteiger partial charge in [-0.1, -0.05) is 20.8 Å². The first kappa shape index (κ1) is 15.4. The topological polar surface area (TPSA) is 67.6 Å². The van der Waals surface area contributed by atoms with Crippen molar-refractivity contribution in [3.05, 3.63) is 0 Å². The van der Waals surface area contributed by atoms with Crippen molar-refractivity contribution in [1.82, 2.24) is 10.2 Å². The molecule has 1 rings (SSSR count). The molecule has 0 aromatic carbocycles. The van der Waals surface area contributed by atoms with Gasteiger partial charge in [-0.05, 0) is 12.5 Å². The van der Waals surface area contributed by atoms with Crippen molar-refractivity contribution in [3.8, 4) is 0 Å². The molecule has 0 radical (unpaired) electrons. The van der Waals surface area contributed by atoms with E-state index < -0.39 is 0 Å². The highest BCUT2D eigenvalue weighted by Gasteiger charge is 2.20. The number of ether oxygens (including phenoxy) is 1. The van der Waals surface area contributed by atoms with E-state index in [1.165, 1.54) is 0 Å². The highest BCUT2D eigenvalue weighted by atomic mass is 16.5. The molecule has 0 aromatic heterocycles. The summed E-state index contributed by atoms with van der Waals surface area (Å²) in [5.74, 6) is 0.352. The maximum absolute atomic E-state index is 11.7. The van der Waals surface area contributed by atoms with Crippen LogP contribution in [0.2, 0.25) is 0 Å². The molecule has 2 unspecified atom stereocenters. The molecule has 1 heterocycles. The number of nitrogens with one attached hydrogen (secondary N) is 1. The molecule has 1 aliphatic heterocycles. The minimum Gasteiger partial charge on any atom is -0.374 e. The molecule has 0 saturated carbocycles. The van der Waals surface area contributed by atoms with E-state index in [4.69, 9.17) is 10.5 Å². The summed E-state index contributed by atoms with van der Waals surface area (Å²) in [5, 5.41) is 2.91. The number of carbonyl (C=O) groups excluding carboxylic acids is 1. The van der Waals surface area contributed by atoms with E-state index in [-0.39, 0.29) is 18.1 Å². The first-order valence-electron chi connectivity index (χ1n) is 6.89. The second-order valence-corrected chi connectivity index (χ2v) is 5.30. The van der Waals surface area contributed by atoms with E-state index >= 15 is 0 Å². The van der Waals surface area contributed by atoms with E-state index in [0.717, 1.165) is 26.2 Å². The van der Waals surface area contributed by atoms with Crippen LogP contribution in [0.25, 0.3) is 0 Å². The Kier molecular flexibility index (Phi) is 6.60. The summed E-state index contributed by atoms with van der Waals surface area (Å²) in [4.78, 5) is 14.0. The summed E-state index contributed by atoms with van der Waals surface area (Å²) in [7, 11) is 0. The smallest absolute Gasteiger partial charge is 0.221 e. The maximum Gasteiger partial charge on any atom is 0.221 e. The number of morpholine rings is 1. The predicted molar refractivity (Wildman–Crippen MR) is 72.3 cm³/mol. The van der Waals surface area contributed by atoms with E-state index in [2.05, 4.69) is 17.1 Å². The van der Waals surface area contributed by atoms with Crippen LogP contribution in [0.3, 0.4) is 0 Å². The molecule has 0 aliphatic carbocycles. The number of nitrogens with two attached hydrogens (primary N) is 1. The molecule has 1 aliphatic rings. The van der Waals surface area contributed by atoms with Crippen molar-refractivity contribution >= 4 is 5.91 Å². The lowest BCUT2D eigenvalue weighted by Crippen LogP contribution is -2.48. The Morgan fingerprint density at radius 3 is 2.89 bits per heavy atom. The van der Waals surface area contributed by atoms with Crippen LogP contribution in [0, 0.1) is 5.92 Å². The molecule has 0 spiro atoms. The van der Waals surface area contributed by atoms with Gasteiger partial charge in [0, 0.05) is 32.1 Å².